The van der Waals surface area contributed by atoms with Gasteiger partial charge in [-0.05, 0) is 24.1 Å². The number of carboxylic acids is 1. The van der Waals surface area contributed by atoms with Crippen molar-refractivity contribution >= 4 is 11.9 Å². The van der Waals surface area contributed by atoms with Crippen molar-refractivity contribution in [1.29, 1.82) is 0 Å². The Hall–Kier alpha value is -3.10. The molecule has 8 nitrogen and oxygen atoms in total. The predicted octanol–water partition coefficient (Wildman–Crippen LogP) is 2.92. The van der Waals surface area contributed by atoms with E-state index in [1.165, 1.54) is 0 Å². The second kappa shape index (κ2) is 14.1. The van der Waals surface area contributed by atoms with Crippen LogP contribution in [0.1, 0.15) is 37.3 Å². The first-order chi connectivity index (χ1) is 15.9. The lowest BCUT2D eigenvalue weighted by molar-refractivity contribution is -0.148. The number of esters is 1. The smallest absolute Gasteiger partial charge is 0.320 e. The van der Waals surface area contributed by atoms with Gasteiger partial charge in [0.2, 0.25) is 0 Å². The molecule has 0 amide bonds. The summed E-state index contributed by atoms with van der Waals surface area (Å²) in [6.07, 6.45) is 2.73. The summed E-state index contributed by atoms with van der Waals surface area (Å²) in [5.41, 5.74) is 1.38. The molecule has 0 aliphatic heterocycles. The maximum Gasteiger partial charge on any atom is 0.320 e. The Morgan fingerprint density at radius 1 is 1.03 bits per heavy atom. The summed E-state index contributed by atoms with van der Waals surface area (Å²) < 4.78 is 5.64. The van der Waals surface area contributed by atoms with E-state index in [1.54, 1.807) is 41.3 Å². The lowest BCUT2D eigenvalue weighted by Crippen LogP contribution is -2.37. The number of aliphatic carboxylic acids is 1. The van der Waals surface area contributed by atoms with Gasteiger partial charge < -0.3 is 25.4 Å². The minimum absolute atomic E-state index is 0.000888. The first-order valence-corrected chi connectivity index (χ1v) is 11.3. The first kappa shape index (κ1) is 26.2. The van der Waals surface area contributed by atoms with Crippen molar-refractivity contribution < 1.29 is 29.6 Å². The number of benzene rings is 2. The number of para-hydroxylation sites is 2. The number of ether oxygens (including phenoxy) is 1. The van der Waals surface area contributed by atoms with Gasteiger partial charge >= 0.3 is 11.9 Å². The van der Waals surface area contributed by atoms with Crippen LogP contribution in [0.4, 0.5) is 0 Å². The molecule has 8 heteroatoms. The summed E-state index contributed by atoms with van der Waals surface area (Å²) in [5, 5.41) is 32.1. The summed E-state index contributed by atoms with van der Waals surface area (Å²) in [4.78, 5) is 25.2. The highest BCUT2D eigenvalue weighted by molar-refractivity contribution is 5.72. The van der Waals surface area contributed by atoms with Crippen LogP contribution < -0.4 is 5.32 Å². The Balaban J connectivity index is 1.82. The summed E-state index contributed by atoms with van der Waals surface area (Å²) in [5.74, 6) is -1.05. The van der Waals surface area contributed by atoms with E-state index < -0.39 is 11.9 Å². The maximum absolute atomic E-state index is 12.4. The molecule has 0 aromatic heterocycles. The molecule has 1 unspecified atom stereocenters. The number of carbonyl (C=O) groups excluding carboxylic acids is 1. The monoisotopic (exact) mass is 458 g/mol. The topological polar surface area (TPSA) is 119 Å². The number of unbranched alkanes of at least 4 members (excludes halogenated alkanes) is 1. The quantitative estimate of drug-likeness (QED) is 0.238. The number of hydrogen-bond acceptors (Lipinski definition) is 7. The largest absolute Gasteiger partial charge is 0.508 e. The number of rotatable bonds is 15. The average molecular weight is 459 g/mol. The molecule has 1 atom stereocenters. The second-order valence-electron chi connectivity index (χ2n) is 8.00. The Morgan fingerprint density at radius 2 is 1.67 bits per heavy atom. The van der Waals surface area contributed by atoms with E-state index in [4.69, 9.17) is 4.74 Å². The molecule has 0 saturated heterocycles. The van der Waals surface area contributed by atoms with Crippen LogP contribution >= 0.6 is 0 Å². The van der Waals surface area contributed by atoms with Crippen LogP contribution in [0.2, 0.25) is 0 Å². The third kappa shape index (κ3) is 9.93. The van der Waals surface area contributed by atoms with Crippen molar-refractivity contribution in [3.05, 3.63) is 59.7 Å². The van der Waals surface area contributed by atoms with Crippen molar-refractivity contribution in [2.75, 3.05) is 26.2 Å². The van der Waals surface area contributed by atoms with Gasteiger partial charge in [-0.2, -0.15) is 0 Å². The summed E-state index contributed by atoms with van der Waals surface area (Å²) >= 11 is 0. The highest BCUT2D eigenvalue weighted by atomic mass is 16.5. The van der Waals surface area contributed by atoms with Gasteiger partial charge in [-0.25, -0.2) is 0 Å². The third-order valence-corrected chi connectivity index (χ3v) is 5.24. The van der Waals surface area contributed by atoms with Gasteiger partial charge in [0.15, 0.2) is 0 Å². The van der Waals surface area contributed by atoms with E-state index in [0.717, 1.165) is 18.4 Å². The molecule has 4 N–H and O–H groups in total. The highest BCUT2D eigenvalue weighted by Gasteiger charge is 2.17. The van der Waals surface area contributed by atoms with E-state index in [1.807, 2.05) is 12.1 Å². The van der Waals surface area contributed by atoms with Crippen LogP contribution in [-0.4, -0.2) is 64.4 Å². The summed E-state index contributed by atoms with van der Waals surface area (Å²) in [7, 11) is 0. The Morgan fingerprint density at radius 3 is 2.27 bits per heavy atom. The van der Waals surface area contributed by atoms with Crippen LogP contribution in [0.3, 0.4) is 0 Å². The number of carboxylic acid groups (broad SMARTS) is 1. The van der Waals surface area contributed by atoms with Crippen LogP contribution in [0.25, 0.3) is 0 Å². The van der Waals surface area contributed by atoms with E-state index in [-0.39, 0.29) is 37.2 Å². The first-order valence-electron chi connectivity index (χ1n) is 11.3. The molecule has 0 radical (unpaired) electrons. The molecular formula is C25H34N2O6. The number of phenolic OH excluding ortho intramolecular Hbond substituents is 2. The van der Waals surface area contributed by atoms with Gasteiger partial charge in [0.25, 0.3) is 0 Å². The molecule has 0 fully saturated rings. The predicted molar refractivity (Wildman–Crippen MR) is 125 cm³/mol. The Kier molecular flexibility index (Phi) is 11.2. The maximum atomic E-state index is 12.4. The van der Waals surface area contributed by atoms with E-state index in [0.29, 0.717) is 31.5 Å². The zero-order chi connectivity index (χ0) is 24.1. The zero-order valence-electron chi connectivity index (χ0n) is 19.1. The zero-order valence-corrected chi connectivity index (χ0v) is 19.1. The van der Waals surface area contributed by atoms with Gasteiger partial charge in [-0.1, -0.05) is 56.2 Å². The van der Waals surface area contributed by atoms with Gasteiger partial charge in [-0.15, -0.1) is 0 Å². The van der Waals surface area contributed by atoms with Crippen LogP contribution in [-0.2, 0) is 27.3 Å². The van der Waals surface area contributed by atoms with Crippen molar-refractivity contribution in [3.8, 4) is 11.5 Å². The lowest BCUT2D eigenvalue weighted by atomic mass is 10.0. The van der Waals surface area contributed by atoms with Crippen molar-refractivity contribution in [1.82, 2.24) is 10.2 Å². The summed E-state index contributed by atoms with van der Waals surface area (Å²) in [6, 6.07) is 13.8. The lowest BCUT2D eigenvalue weighted by Gasteiger charge is -2.21. The minimum atomic E-state index is -0.965. The highest BCUT2D eigenvalue weighted by Crippen LogP contribution is 2.21. The molecule has 2 rings (SSSR count). The van der Waals surface area contributed by atoms with Crippen molar-refractivity contribution in [2.24, 2.45) is 0 Å². The van der Waals surface area contributed by atoms with E-state index in [9.17, 15) is 24.9 Å². The number of aromatic hydroxyl groups is 2. The SMILES string of the molecule is CCCCC(Cc1ccccc1O)OC(=O)CNCCN(CC(=O)O)Cc1ccccc1O. The Bertz CT molecular complexity index is 889. The van der Waals surface area contributed by atoms with Gasteiger partial charge in [0.1, 0.15) is 17.6 Å². The second-order valence-corrected chi connectivity index (χ2v) is 8.00. The molecule has 0 aliphatic carbocycles. The van der Waals surface area contributed by atoms with Crippen LogP contribution in [0.5, 0.6) is 11.5 Å². The number of hydrogen-bond donors (Lipinski definition) is 4. The number of nitrogens with zero attached hydrogens (tertiary/aromatic N) is 1. The van der Waals surface area contributed by atoms with Gasteiger partial charge in [0, 0.05) is 31.6 Å². The fourth-order valence-corrected chi connectivity index (χ4v) is 3.51. The molecule has 0 bridgehead atoms. The fraction of sp³-hybridized carbons (Fsp3) is 0.440. The average Bonchev–Trinajstić information content (AvgIpc) is 2.77. The number of nitrogens with one attached hydrogen (secondary N) is 1. The molecule has 2 aromatic rings. The van der Waals surface area contributed by atoms with Gasteiger partial charge in [-0.3, -0.25) is 14.5 Å². The molecular weight excluding hydrogens is 424 g/mol. The van der Waals surface area contributed by atoms with E-state index >= 15 is 0 Å². The van der Waals surface area contributed by atoms with Crippen LogP contribution in [0, 0.1) is 0 Å². The molecule has 2 aromatic carbocycles. The van der Waals surface area contributed by atoms with Crippen LogP contribution in [0.15, 0.2) is 48.5 Å². The van der Waals surface area contributed by atoms with Gasteiger partial charge in [0.05, 0.1) is 13.1 Å². The molecule has 0 spiro atoms. The fourth-order valence-electron chi connectivity index (χ4n) is 3.51. The number of carbonyl (C=O) groups is 2. The standard InChI is InChI=1S/C25H34N2O6/c1-2-3-10-21(15-19-8-4-6-11-22(19)28)33-25(32)16-26-13-14-27(18-24(30)31)17-20-9-5-7-12-23(20)29/h4-9,11-12,21,26,28-29H,2-3,10,13-18H2,1H3,(H,30,31). The third-order valence-electron chi connectivity index (χ3n) is 5.24. The normalized spacial score (nSPS) is 11.9. The van der Waals surface area contributed by atoms with E-state index in [2.05, 4.69) is 12.2 Å². The summed E-state index contributed by atoms with van der Waals surface area (Å²) in [6.45, 7) is 2.93. The molecule has 0 saturated carbocycles. The number of phenols is 2. The minimum Gasteiger partial charge on any atom is -0.508 e. The Labute approximate surface area is 194 Å². The molecule has 0 heterocycles. The molecule has 180 valence electrons. The van der Waals surface area contributed by atoms with Crippen molar-refractivity contribution in [3.63, 3.8) is 0 Å². The van der Waals surface area contributed by atoms with Crippen molar-refractivity contribution in [2.45, 2.75) is 45.3 Å². The molecule has 0 aliphatic rings. The molecule has 33 heavy (non-hydrogen) atoms.